The number of aromatic nitrogens is 9. The molecular formula is C135H87N9. The van der Waals surface area contributed by atoms with E-state index in [1.54, 1.807) is 0 Å². The van der Waals surface area contributed by atoms with Crippen LogP contribution in [0.5, 0.6) is 0 Å². The zero-order valence-corrected chi connectivity index (χ0v) is 78.3. The highest BCUT2D eigenvalue weighted by Gasteiger charge is 2.30. The molecule has 144 heavy (non-hydrogen) atoms. The van der Waals surface area contributed by atoms with Gasteiger partial charge in [-0.15, -0.1) is 0 Å². The van der Waals surface area contributed by atoms with Crippen LogP contribution in [0, 0.1) is 0 Å². The highest BCUT2D eigenvalue weighted by atomic mass is 15.1. The highest BCUT2D eigenvalue weighted by Crippen LogP contribution is 2.51. The molecule has 30 aromatic rings. The van der Waals surface area contributed by atoms with Gasteiger partial charge < -0.3 is 13.7 Å². The minimum Gasteiger partial charge on any atom is -0.309 e. The third kappa shape index (κ3) is 13.5. The monoisotopic (exact) mass is 1830 g/mol. The molecule has 0 fully saturated rings. The van der Waals surface area contributed by atoms with Crippen molar-refractivity contribution in [3.05, 3.63) is 528 Å². The largest absolute Gasteiger partial charge is 0.309 e. The van der Waals surface area contributed by atoms with Crippen molar-refractivity contribution in [3.8, 4) is 118 Å². The van der Waals surface area contributed by atoms with Crippen LogP contribution in [0.3, 0.4) is 0 Å². The molecule has 0 amide bonds. The summed E-state index contributed by atoms with van der Waals surface area (Å²) in [5.41, 5.74) is 34.0. The molecule has 9 heterocycles. The summed E-state index contributed by atoms with van der Waals surface area (Å²) >= 11 is 0. The molecule has 9 nitrogen and oxygen atoms in total. The molecule has 0 atom stereocenters. The van der Waals surface area contributed by atoms with Crippen molar-refractivity contribution < 1.29 is 0 Å². The first-order valence-electron chi connectivity index (χ1n) is 49.2. The number of nitrogens with zero attached hydrogens (tertiary/aromatic N) is 9. The van der Waals surface area contributed by atoms with Crippen molar-refractivity contribution in [2.45, 2.75) is 0 Å². The van der Waals surface area contributed by atoms with Gasteiger partial charge in [0.25, 0.3) is 0 Å². The van der Waals surface area contributed by atoms with Crippen molar-refractivity contribution in [3.63, 3.8) is 0 Å². The summed E-state index contributed by atoms with van der Waals surface area (Å²) < 4.78 is 14.5. The zero-order valence-electron chi connectivity index (χ0n) is 78.3. The summed E-state index contributed by atoms with van der Waals surface area (Å²) in [6, 6.07) is 189. The Labute approximate surface area is 829 Å². The van der Waals surface area contributed by atoms with Crippen molar-refractivity contribution in [2.75, 3.05) is 0 Å². The van der Waals surface area contributed by atoms with Gasteiger partial charge in [-0.3, -0.25) is 13.2 Å². The zero-order chi connectivity index (χ0) is 94.8. The average molecular weight is 1840 g/mol. The summed E-state index contributed by atoms with van der Waals surface area (Å²) in [6.45, 7) is 0. The normalized spacial score (nSPS) is 11.8. The Balaban J connectivity index is 0.000000105. The number of rotatable bonds is 12. The molecule has 9 heteroatoms. The SMILES string of the molecule is c1ccc(-c2ccc3c4c(ccc5c4c4ccccc4n5-c4ccccc4)c4c(-c5ccccc5)nc(-c5ccccc5)n4c3c2)cc1.c1ccc(-c2ccc3c4c(ccc5c6ccccc6n(-c6ccccc6)c54)c4c(-c5ccccc5)nc(-c5ccccc5)n4c3c2)cc1.c1ccc(-c2ccc3c4cc5c6ccccc6n(-c6ccccc6)c5cc4c4c(-c5ccccc5)nc(-c5ccccc5)n4c3c2)cc1. The van der Waals surface area contributed by atoms with Gasteiger partial charge in [0.2, 0.25) is 0 Å². The van der Waals surface area contributed by atoms with Gasteiger partial charge in [-0.25, -0.2) is 15.0 Å². The summed E-state index contributed by atoms with van der Waals surface area (Å²) in [7, 11) is 0. The fraction of sp³-hybridized carbons (Fsp3) is 0. The smallest absolute Gasteiger partial charge is 0.145 e. The van der Waals surface area contributed by atoms with E-state index < -0.39 is 0 Å². The van der Waals surface area contributed by atoms with E-state index in [-0.39, 0.29) is 0 Å². The van der Waals surface area contributed by atoms with E-state index >= 15 is 0 Å². The minimum absolute atomic E-state index is 0.935. The Morgan fingerprint density at radius 2 is 0.396 bits per heavy atom. The first-order valence-corrected chi connectivity index (χ1v) is 49.2. The van der Waals surface area contributed by atoms with Crippen LogP contribution in [0.2, 0.25) is 0 Å². The Kier molecular flexibility index (Phi) is 19.8. The number of fused-ring (bicyclic) bond motifs is 29. The molecule has 0 aliphatic heterocycles. The van der Waals surface area contributed by atoms with E-state index in [4.69, 9.17) is 15.0 Å². The Morgan fingerprint density at radius 3 is 0.812 bits per heavy atom. The standard InChI is InChI=1S/3C45H29N3/c1-5-15-30(16-6-1)33-25-26-36-37-28-38-35-23-13-14-24-40(35)47(34-21-11-4-12-22-34)42(38)29-39(37)44-43(31-17-7-2-8-18-31)46-45(48(44)41(36)27-33)32-19-9-3-10-20-32;1-5-15-30(16-6-1)33-25-26-37-40(29-33)48-44(42(31-17-7-2-8-18-31)46-45(48)32-19-9-3-10-20-32)38-28-27-36-35-23-13-14-24-39(35)47(43(36)41(37)38)34-21-11-4-12-22-34;1-5-15-30(16-6-1)33-25-26-36-40(29-33)48-44(43(31-17-7-2-8-18-31)46-45(48)32-19-9-3-10-20-32)37-27-28-39-42(41(36)37)35-23-13-14-24-38(35)47(39)34-21-11-4-12-22-34/h3*1-29H. The van der Waals surface area contributed by atoms with Crippen LogP contribution in [0.25, 0.3) is 265 Å². The van der Waals surface area contributed by atoms with Crippen LogP contribution < -0.4 is 0 Å². The second kappa shape index (κ2) is 34.4. The van der Waals surface area contributed by atoms with Crippen molar-refractivity contribution in [1.29, 1.82) is 0 Å². The van der Waals surface area contributed by atoms with Crippen LogP contribution in [0.1, 0.15) is 0 Å². The second-order valence-electron chi connectivity index (χ2n) is 37.1. The maximum Gasteiger partial charge on any atom is 0.145 e. The molecule has 0 radical (unpaired) electrons. The van der Waals surface area contributed by atoms with Gasteiger partial charge in [-0.1, -0.05) is 437 Å². The predicted molar refractivity (Wildman–Crippen MR) is 603 cm³/mol. The van der Waals surface area contributed by atoms with Crippen molar-refractivity contribution in [1.82, 2.24) is 41.9 Å². The lowest BCUT2D eigenvalue weighted by Gasteiger charge is -2.16. The Morgan fingerprint density at radius 1 is 0.125 bits per heavy atom. The third-order valence-electron chi connectivity index (χ3n) is 29.0. The molecule has 0 N–H and O–H groups in total. The van der Waals surface area contributed by atoms with E-state index in [2.05, 4.69) is 555 Å². The maximum atomic E-state index is 5.49. The molecule has 21 aromatic carbocycles. The lowest BCUT2D eigenvalue weighted by molar-refractivity contribution is 1.18. The molecule has 30 rings (SSSR count). The summed E-state index contributed by atoms with van der Waals surface area (Å²) in [4.78, 5) is 16.5. The van der Waals surface area contributed by atoms with Gasteiger partial charge in [0, 0.05) is 126 Å². The van der Waals surface area contributed by atoms with Crippen molar-refractivity contribution in [2.24, 2.45) is 0 Å². The van der Waals surface area contributed by atoms with Gasteiger partial charge in [0.1, 0.15) is 17.5 Å². The molecule has 0 unspecified atom stereocenters. The van der Waals surface area contributed by atoms with Gasteiger partial charge in [0.05, 0.1) is 83.3 Å². The molecule has 0 aliphatic carbocycles. The lowest BCUT2D eigenvalue weighted by Crippen LogP contribution is -1.98. The maximum absolute atomic E-state index is 5.49. The van der Waals surface area contributed by atoms with E-state index in [9.17, 15) is 0 Å². The fourth-order valence-electron chi connectivity index (χ4n) is 22.7. The van der Waals surface area contributed by atoms with E-state index in [0.29, 0.717) is 0 Å². The van der Waals surface area contributed by atoms with Gasteiger partial charge in [0.15, 0.2) is 0 Å². The van der Waals surface area contributed by atoms with E-state index in [0.717, 1.165) is 118 Å². The quantitative estimate of drug-likeness (QED) is 0.115. The minimum atomic E-state index is 0.935. The molecule has 9 aromatic heterocycles. The number of para-hydroxylation sites is 6. The third-order valence-corrected chi connectivity index (χ3v) is 29.0. The second-order valence-corrected chi connectivity index (χ2v) is 37.1. The molecule has 0 saturated heterocycles. The molecular weight excluding hydrogens is 1750 g/mol. The molecule has 0 spiro atoms. The Bertz CT molecular complexity index is 10100. The summed E-state index contributed by atoms with van der Waals surface area (Å²) in [5, 5.41) is 18.3. The van der Waals surface area contributed by atoms with Crippen LogP contribution in [-0.2, 0) is 0 Å². The number of hydrogen-bond donors (Lipinski definition) is 0. The van der Waals surface area contributed by atoms with Crippen LogP contribution >= 0.6 is 0 Å². The number of pyridine rings is 3. The first-order chi connectivity index (χ1) is 71.5. The van der Waals surface area contributed by atoms with Crippen LogP contribution in [0.15, 0.2) is 528 Å². The topological polar surface area (TPSA) is 66.7 Å². The number of imidazole rings is 3. The number of hydrogen-bond acceptors (Lipinski definition) is 3. The lowest BCUT2D eigenvalue weighted by atomic mass is 9.95. The first kappa shape index (κ1) is 82.9. The van der Waals surface area contributed by atoms with E-state index in [1.165, 1.54) is 147 Å². The fourth-order valence-corrected chi connectivity index (χ4v) is 22.7. The molecule has 672 valence electrons. The van der Waals surface area contributed by atoms with Crippen LogP contribution in [0.4, 0.5) is 0 Å². The van der Waals surface area contributed by atoms with Gasteiger partial charge >= 0.3 is 0 Å². The number of benzene rings is 21. The average Bonchev–Trinajstić information content (AvgIpc) is 1.53. The molecule has 0 saturated carbocycles. The van der Waals surface area contributed by atoms with Gasteiger partial charge in [-0.05, 0) is 130 Å². The van der Waals surface area contributed by atoms with E-state index in [1.807, 2.05) is 0 Å². The Hall–Kier alpha value is -19.4. The predicted octanol–water partition coefficient (Wildman–Crippen LogP) is 35.2. The summed E-state index contributed by atoms with van der Waals surface area (Å²) in [5.74, 6) is 2.81. The van der Waals surface area contributed by atoms with Crippen LogP contribution in [-0.4, -0.2) is 41.9 Å². The van der Waals surface area contributed by atoms with Gasteiger partial charge in [-0.2, -0.15) is 0 Å². The summed E-state index contributed by atoms with van der Waals surface area (Å²) in [6.07, 6.45) is 0. The highest BCUT2D eigenvalue weighted by molar-refractivity contribution is 6.33. The molecule has 0 bridgehead atoms. The van der Waals surface area contributed by atoms with Crippen molar-refractivity contribution >= 4 is 147 Å². The molecule has 0 aliphatic rings.